The number of carboxylic acid groups (broad SMARTS) is 2. The first kappa shape index (κ1) is 14.4. The minimum Gasteiger partial charge on any atom is -0.481 e. The number of nitrogens with zero attached hydrogens (tertiary/aromatic N) is 3. The van der Waals surface area contributed by atoms with Gasteiger partial charge in [-0.15, -0.1) is 0 Å². The number of piperidine rings is 1. The zero-order chi connectivity index (χ0) is 14.7. The molecule has 2 heterocycles. The van der Waals surface area contributed by atoms with E-state index in [9.17, 15) is 9.59 Å². The van der Waals surface area contributed by atoms with E-state index in [1.165, 1.54) is 0 Å². The Hall–Kier alpha value is -1.96. The van der Waals surface area contributed by atoms with E-state index in [-0.39, 0.29) is 6.54 Å². The Kier molecular flexibility index (Phi) is 4.33. The van der Waals surface area contributed by atoms with Gasteiger partial charge in [0, 0.05) is 13.0 Å². The highest BCUT2D eigenvalue weighted by atomic mass is 16.5. The highest BCUT2D eigenvalue weighted by molar-refractivity contribution is 5.80. The van der Waals surface area contributed by atoms with E-state index in [2.05, 4.69) is 10.1 Å². The van der Waals surface area contributed by atoms with Crippen molar-refractivity contribution in [1.82, 2.24) is 15.0 Å². The van der Waals surface area contributed by atoms with Crippen molar-refractivity contribution in [2.24, 2.45) is 11.8 Å². The Balaban J connectivity index is 2.01. The SMILES string of the molecule is CCc1nc(CN2CCC(C(=O)O)C(C(=O)O)C2)no1. The first-order valence-corrected chi connectivity index (χ1v) is 6.50. The number of aromatic nitrogens is 2. The van der Waals surface area contributed by atoms with Crippen LogP contribution in [0.15, 0.2) is 4.52 Å². The third kappa shape index (κ3) is 3.13. The summed E-state index contributed by atoms with van der Waals surface area (Å²) in [4.78, 5) is 28.2. The summed E-state index contributed by atoms with van der Waals surface area (Å²) in [6.45, 7) is 2.97. The fraction of sp³-hybridized carbons (Fsp3) is 0.667. The van der Waals surface area contributed by atoms with E-state index in [1.807, 2.05) is 11.8 Å². The number of aliphatic carboxylic acids is 2. The van der Waals surface area contributed by atoms with Gasteiger partial charge in [-0.2, -0.15) is 4.98 Å². The van der Waals surface area contributed by atoms with Crippen molar-refractivity contribution in [1.29, 1.82) is 0 Å². The van der Waals surface area contributed by atoms with Gasteiger partial charge < -0.3 is 14.7 Å². The molecule has 1 aromatic rings. The molecular formula is C12H17N3O5. The first-order chi connectivity index (χ1) is 9.51. The summed E-state index contributed by atoms with van der Waals surface area (Å²) in [5.74, 6) is -2.83. The van der Waals surface area contributed by atoms with Crippen LogP contribution in [0.1, 0.15) is 25.1 Å². The zero-order valence-electron chi connectivity index (χ0n) is 11.2. The maximum Gasteiger partial charge on any atom is 0.308 e. The van der Waals surface area contributed by atoms with Gasteiger partial charge in [-0.05, 0) is 13.0 Å². The fourth-order valence-corrected chi connectivity index (χ4v) is 2.41. The van der Waals surface area contributed by atoms with Crippen molar-refractivity contribution in [2.45, 2.75) is 26.3 Å². The van der Waals surface area contributed by atoms with E-state index in [4.69, 9.17) is 14.7 Å². The normalized spacial score (nSPS) is 23.6. The van der Waals surface area contributed by atoms with E-state index >= 15 is 0 Å². The monoisotopic (exact) mass is 283 g/mol. The van der Waals surface area contributed by atoms with Crippen molar-refractivity contribution in [3.63, 3.8) is 0 Å². The van der Waals surface area contributed by atoms with E-state index in [0.29, 0.717) is 37.6 Å². The maximum absolute atomic E-state index is 11.2. The third-order valence-corrected chi connectivity index (χ3v) is 3.51. The molecule has 0 radical (unpaired) electrons. The molecule has 20 heavy (non-hydrogen) atoms. The molecule has 0 bridgehead atoms. The molecule has 1 aliphatic heterocycles. The molecule has 0 amide bonds. The molecule has 0 spiro atoms. The number of carbonyl (C=O) groups is 2. The molecule has 0 aliphatic carbocycles. The highest BCUT2D eigenvalue weighted by Gasteiger charge is 2.38. The molecule has 2 atom stereocenters. The fourth-order valence-electron chi connectivity index (χ4n) is 2.41. The first-order valence-electron chi connectivity index (χ1n) is 6.50. The van der Waals surface area contributed by atoms with E-state index < -0.39 is 23.8 Å². The Morgan fingerprint density at radius 2 is 2.05 bits per heavy atom. The molecule has 1 aromatic heterocycles. The molecule has 1 aliphatic rings. The summed E-state index contributed by atoms with van der Waals surface area (Å²) in [6, 6.07) is 0. The number of carboxylic acids is 2. The second kappa shape index (κ2) is 6.00. The Morgan fingerprint density at radius 3 is 2.60 bits per heavy atom. The second-order valence-electron chi connectivity index (χ2n) is 4.87. The molecule has 0 saturated carbocycles. The van der Waals surface area contributed by atoms with Crippen LogP contribution in [0.5, 0.6) is 0 Å². The number of hydrogen-bond acceptors (Lipinski definition) is 6. The van der Waals surface area contributed by atoms with Crippen molar-refractivity contribution in [2.75, 3.05) is 13.1 Å². The molecule has 2 unspecified atom stereocenters. The largest absolute Gasteiger partial charge is 0.481 e. The van der Waals surface area contributed by atoms with Crippen LogP contribution in [0.2, 0.25) is 0 Å². The maximum atomic E-state index is 11.2. The van der Waals surface area contributed by atoms with E-state index in [0.717, 1.165) is 0 Å². The molecular weight excluding hydrogens is 266 g/mol. The quantitative estimate of drug-likeness (QED) is 0.789. The van der Waals surface area contributed by atoms with Gasteiger partial charge in [0.05, 0.1) is 18.4 Å². The van der Waals surface area contributed by atoms with Crippen LogP contribution in [-0.4, -0.2) is 50.3 Å². The standard InChI is InChI=1S/C12H17N3O5/c1-2-10-13-9(14-20-10)6-15-4-3-7(11(16)17)8(5-15)12(18)19/h7-8H,2-6H2,1H3,(H,16,17)(H,18,19). The van der Waals surface area contributed by atoms with Gasteiger partial charge >= 0.3 is 11.9 Å². The van der Waals surface area contributed by atoms with Gasteiger partial charge in [-0.25, -0.2) is 0 Å². The minimum absolute atomic E-state index is 0.183. The van der Waals surface area contributed by atoms with Gasteiger partial charge in [-0.1, -0.05) is 12.1 Å². The summed E-state index contributed by atoms with van der Waals surface area (Å²) >= 11 is 0. The Bertz CT molecular complexity index is 501. The van der Waals surface area contributed by atoms with Crippen molar-refractivity contribution in [3.05, 3.63) is 11.7 Å². The van der Waals surface area contributed by atoms with Crippen LogP contribution in [0, 0.1) is 11.8 Å². The van der Waals surface area contributed by atoms with Crippen molar-refractivity contribution < 1.29 is 24.3 Å². The van der Waals surface area contributed by atoms with Crippen LogP contribution >= 0.6 is 0 Å². The van der Waals surface area contributed by atoms with Crippen molar-refractivity contribution >= 4 is 11.9 Å². The zero-order valence-corrected chi connectivity index (χ0v) is 11.2. The van der Waals surface area contributed by atoms with Gasteiger partial charge in [0.1, 0.15) is 0 Å². The smallest absolute Gasteiger partial charge is 0.308 e. The molecule has 1 saturated heterocycles. The van der Waals surface area contributed by atoms with Crippen LogP contribution in [0.25, 0.3) is 0 Å². The third-order valence-electron chi connectivity index (χ3n) is 3.51. The topological polar surface area (TPSA) is 117 Å². The molecule has 1 fully saturated rings. The summed E-state index contributed by atoms with van der Waals surface area (Å²) in [5.41, 5.74) is 0. The average molecular weight is 283 g/mol. The summed E-state index contributed by atoms with van der Waals surface area (Å²) < 4.78 is 4.99. The Labute approximate surface area is 115 Å². The summed E-state index contributed by atoms with van der Waals surface area (Å²) in [5, 5.41) is 22.0. The van der Waals surface area contributed by atoms with Crippen molar-refractivity contribution in [3.8, 4) is 0 Å². The minimum atomic E-state index is -1.08. The second-order valence-corrected chi connectivity index (χ2v) is 4.87. The molecule has 0 aromatic carbocycles. The predicted molar refractivity (Wildman–Crippen MR) is 65.8 cm³/mol. The number of aryl methyl sites for hydroxylation is 1. The predicted octanol–water partition coefficient (Wildman–Crippen LogP) is 0.239. The van der Waals surface area contributed by atoms with Gasteiger partial charge in [0.25, 0.3) is 0 Å². The Morgan fingerprint density at radius 1 is 1.35 bits per heavy atom. The lowest BCUT2D eigenvalue weighted by molar-refractivity contribution is -0.157. The number of rotatable bonds is 5. The van der Waals surface area contributed by atoms with Gasteiger partial charge in [0.15, 0.2) is 5.82 Å². The van der Waals surface area contributed by atoms with Gasteiger partial charge in [-0.3, -0.25) is 14.5 Å². The highest BCUT2D eigenvalue weighted by Crippen LogP contribution is 2.25. The number of likely N-dealkylation sites (tertiary alicyclic amines) is 1. The molecule has 2 N–H and O–H groups in total. The molecule has 110 valence electrons. The lowest BCUT2D eigenvalue weighted by Gasteiger charge is -2.33. The van der Waals surface area contributed by atoms with Gasteiger partial charge in [0.2, 0.25) is 5.89 Å². The molecule has 2 rings (SSSR count). The van der Waals surface area contributed by atoms with Crippen LogP contribution in [-0.2, 0) is 22.6 Å². The molecule has 8 nitrogen and oxygen atoms in total. The summed E-state index contributed by atoms with van der Waals surface area (Å²) in [6.07, 6.45) is 0.955. The molecule has 8 heteroatoms. The van der Waals surface area contributed by atoms with E-state index in [1.54, 1.807) is 0 Å². The van der Waals surface area contributed by atoms with Crippen LogP contribution < -0.4 is 0 Å². The lowest BCUT2D eigenvalue weighted by Crippen LogP contribution is -2.46. The lowest BCUT2D eigenvalue weighted by atomic mass is 9.85. The van der Waals surface area contributed by atoms with Crippen LogP contribution in [0.4, 0.5) is 0 Å². The number of hydrogen-bond donors (Lipinski definition) is 2. The average Bonchev–Trinajstić information content (AvgIpc) is 2.86. The summed E-state index contributed by atoms with van der Waals surface area (Å²) in [7, 11) is 0. The van der Waals surface area contributed by atoms with Crippen LogP contribution in [0.3, 0.4) is 0 Å².